The Morgan fingerprint density at radius 1 is 1.28 bits per heavy atom. The van der Waals surface area contributed by atoms with Crippen LogP contribution in [0.1, 0.15) is 41.0 Å². The van der Waals surface area contributed by atoms with Crippen LogP contribution in [-0.2, 0) is 14.3 Å². The van der Waals surface area contributed by atoms with E-state index in [1.165, 1.54) is 6.20 Å². The minimum atomic E-state index is -1.02. The summed E-state index contributed by atoms with van der Waals surface area (Å²) < 4.78 is 5.70. The lowest BCUT2D eigenvalue weighted by molar-refractivity contribution is -0.130. The summed E-state index contributed by atoms with van der Waals surface area (Å²) in [4.78, 5) is 26.3. The third-order valence-corrected chi connectivity index (χ3v) is 4.87. The van der Waals surface area contributed by atoms with Crippen molar-refractivity contribution in [3.05, 3.63) is 12.0 Å². The van der Waals surface area contributed by atoms with Crippen LogP contribution in [0.4, 0.5) is 0 Å². The molecular weight excluding hydrogens is 324 g/mol. The highest BCUT2D eigenvalue weighted by Gasteiger charge is 2.48. The van der Waals surface area contributed by atoms with E-state index in [0.717, 1.165) is 0 Å². The fourth-order valence-electron chi connectivity index (χ4n) is 2.34. The number of nitrogens with one attached hydrogen (secondary N) is 2. The van der Waals surface area contributed by atoms with Gasteiger partial charge in [0.05, 0.1) is 6.04 Å². The number of ether oxygens (including phenoxy) is 1. The lowest BCUT2D eigenvalue weighted by Crippen LogP contribution is -2.57. The number of hydrogen-bond acceptors (Lipinski definition) is 6. The van der Waals surface area contributed by atoms with E-state index in [1.807, 2.05) is 25.9 Å². The van der Waals surface area contributed by atoms with Gasteiger partial charge < -0.3 is 31.1 Å². The van der Waals surface area contributed by atoms with Crippen molar-refractivity contribution in [1.82, 2.24) is 15.5 Å². The normalized spacial score (nSPS) is 27.5. The van der Waals surface area contributed by atoms with Gasteiger partial charge in [-0.15, -0.1) is 0 Å². The Hall–Kier alpha value is -1.64. The van der Waals surface area contributed by atoms with Crippen LogP contribution in [0.3, 0.4) is 0 Å². The molecule has 2 amide bonds. The predicted molar refractivity (Wildman–Crippen MR) is 95.4 cm³/mol. The minimum absolute atomic E-state index is 0.245. The van der Waals surface area contributed by atoms with Crippen molar-refractivity contribution in [1.29, 1.82) is 0 Å². The Bertz CT molecular complexity index is 523. The van der Waals surface area contributed by atoms with Gasteiger partial charge in [-0.3, -0.25) is 9.59 Å². The van der Waals surface area contributed by atoms with Crippen LogP contribution < -0.4 is 16.4 Å². The number of aliphatic hydroxyl groups is 1. The maximum atomic E-state index is 12.6. The van der Waals surface area contributed by atoms with Crippen molar-refractivity contribution in [3.8, 4) is 0 Å². The minimum Gasteiger partial charge on any atom is -0.488 e. The van der Waals surface area contributed by atoms with Gasteiger partial charge in [-0.05, 0) is 48.7 Å². The summed E-state index contributed by atoms with van der Waals surface area (Å²) >= 11 is 0. The molecule has 1 rings (SSSR count). The molecule has 25 heavy (non-hydrogen) atoms. The maximum Gasteiger partial charge on any atom is 0.248 e. The molecule has 0 aromatic rings. The predicted octanol–water partition coefficient (Wildman–Crippen LogP) is -0.324. The zero-order valence-electron chi connectivity index (χ0n) is 16.2. The summed E-state index contributed by atoms with van der Waals surface area (Å²) in [5, 5.41) is 15.7. The first kappa shape index (κ1) is 21.4. The highest BCUT2D eigenvalue weighted by atomic mass is 16.5. The van der Waals surface area contributed by atoms with Crippen molar-refractivity contribution in [2.75, 3.05) is 14.1 Å². The van der Waals surface area contributed by atoms with Crippen molar-refractivity contribution in [2.45, 2.75) is 70.4 Å². The monoisotopic (exact) mass is 356 g/mol. The maximum absolute atomic E-state index is 12.6. The third-order valence-electron chi connectivity index (χ3n) is 4.87. The van der Waals surface area contributed by atoms with Gasteiger partial charge in [0.1, 0.15) is 23.0 Å². The molecule has 5 N–H and O–H groups in total. The Labute approximate surface area is 149 Å². The van der Waals surface area contributed by atoms with Gasteiger partial charge in [-0.1, -0.05) is 0 Å². The summed E-state index contributed by atoms with van der Waals surface area (Å²) in [7, 11) is 3.64. The summed E-state index contributed by atoms with van der Waals surface area (Å²) in [5.74, 6) is -0.295. The number of likely N-dealkylation sites (N-methyl/N-ethyl adjacent to an activating group) is 1. The second-order valence-corrected chi connectivity index (χ2v) is 7.66. The fourth-order valence-corrected chi connectivity index (χ4v) is 2.34. The Kier molecular flexibility index (Phi) is 6.61. The van der Waals surface area contributed by atoms with E-state index in [-0.39, 0.29) is 11.9 Å². The first-order chi connectivity index (χ1) is 11.3. The summed E-state index contributed by atoms with van der Waals surface area (Å²) in [6, 6.07) is -1.73. The molecule has 8 heteroatoms. The molecule has 0 spiro atoms. The lowest BCUT2D eigenvalue weighted by atomic mass is 9.87. The van der Waals surface area contributed by atoms with Crippen molar-refractivity contribution in [3.63, 3.8) is 0 Å². The van der Waals surface area contributed by atoms with Gasteiger partial charge in [-0.25, -0.2) is 0 Å². The molecule has 1 aliphatic rings. The lowest BCUT2D eigenvalue weighted by Gasteiger charge is -2.30. The number of carbonyl (C=O) groups excluding carboxylic acids is 2. The Morgan fingerprint density at radius 3 is 2.24 bits per heavy atom. The number of nitrogens with zero attached hydrogens (tertiary/aromatic N) is 1. The van der Waals surface area contributed by atoms with Gasteiger partial charge in [-0.2, -0.15) is 0 Å². The highest BCUT2D eigenvalue weighted by molar-refractivity contribution is 5.90. The standard InChI is InChI=1S/C17H32N4O4/c1-10(18)14(22)20-13(11(2)21(6)7)15(23)19-9-12-8-17(5,24)16(3,4)25-12/h9-11,13,24H,8,18H2,1-7H3,(H,19,23)(H,20,22)/b12-9-. The van der Waals surface area contributed by atoms with Crippen molar-refractivity contribution < 1.29 is 19.4 Å². The topological polar surface area (TPSA) is 117 Å². The number of carbonyl (C=O) groups is 2. The molecule has 4 unspecified atom stereocenters. The molecule has 0 aliphatic carbocycles. The molecule has 0 aromatic carbocycles. The molecule has 0 saturated carbocycles. The van der Waals surface area contributed by atoms with Crippen LogP contribution in [0.25, 0.3) is 0 Å². The summed E-state index contributed by atoms with van der Waals surface area (Å²) in [6.07, 6.45) is 1.74. The van der Waals surface area contributed by atoms with E-state index in [2.05, 4.69) is 10.6 Å². The second-order valence-electron chi connectivity index (χ2n) is 7.66. The largest absolute Gasteiger partial charge is 0.488 e. The molecule has 1 fully saturated rings. The first-order valence-electron chi connectivity index (χ1n) is 8.41. The molecule has 1 saturated heterocycles. The van der Waals surface area contributed by atoms with E-state index in [4.69, 9.17) is 10.5 Å². The zero-order valence-corrected chi connectivity index (χ0v) is 16.2. The molecular formula is C17H32N4O4. The van der Waals surface area contributed by atoms with Crippen LogP contribution in [-0.4, -0.2) is 65.2 Å². The van der Waals surface area contributed by atoms with Crippen LogP contribution in [0.5, 0.6) is 0 Å². The molecule has 0 bridgehead atoms. The number of hydrogen-bond donors (Lipinski definition) is 4. The first-order valence-corrected chi connectivity index (χ1v) is 8.41. The molecule has 144 valence electrons. The fraction of sp³-hybridized carbons (Fsp3) is 0.765. The zero-order chi connectivity index (χ0) is 19.6. The van der Waals surface area contributed by atoms with Gasteiger partial charge in [0.15, 0.2) is 0 Å². The van der Waals surface area contributed by atoms with Crippen LogP contribution in [0.15, 0.2) is 12.0 Å². The van der Waals surface area contributed by atoms with E-state index < -0.39 is 29.2 Å². The van der Waals surface area contributed by atoms with E-state index >= 15 is 0 Å². The average molecular weight is 356 g/mol. The molecule has 1 heterocycles. The quantitative estimate of drug-likeness (QED) is 0.518. The van der Waals surface area contributed by atoms with Crippen LogP contribution in [0.2, 0.25) is 0 Å². The molecule has 4 atom stereocenters. The number of rotatable bonds is 6. The molecule has 0 aromatic heterocycles. The summed E-state index contributed by atoms with van der Waals surface area (Å²) in [5.41, 5.74) is 3.81. The third kappa shape index (κ3) is 5.17. The Balaban J connectivity index is 2.86. The van der Waals surface area contributed by atoms with E-state index in [0.29, 0.717) is 12.2 Å². The van der Waals surface area contributed by atoms with E-state index in [1.54, 1.807) is 27.7 Å². The number of nitrogens with two attached hydrogens (primary N) is 1. The SMILES string of the molecule is CC(N)C(=O)NC(C(=O)N/C=C1/CC(C)(O)C(C)(C)O1)C(C)N(C)C. The molecule has 0 radical (unpaired) electrons. The average Bonchev–Trinajstić information content (AvgIpc) is 2.68. The van der Waals surface area contributed by atoms with Crippen LogP contribution in [0, 0.1) is 0 Å². The van der Waals surface area contributed by atoms with Crippen molar-refractivity contribution in [2.24, 2.45) is 5.73 Å². The summed E-state index contributed by atoms with van der Waals surface area (Å²) in [6.45, 7) is 8.66. The van der Waals surface area contributed by atoms with Gasteiger partial charge in [0.25, 0.3) is 0 Å². The van der Waals surface area contributed by atoms with Gasteiger partial charge in [0, 0.05) is 18.7 Å². The number of amides is 2. The molecule has 8 nitrogen and oxygen atoms in total. The second kappa shape index (κ2) is 7.72. The van der Waals surface area contributed by atoms with Gasteiger partial charge in [0.2, 0.25) is 11.8 Å². The van der Waals surface area contributed by atoms with Gasteiger partial charge >= 0.3 is 0 Å². The van der Waals surface area contributed by atoms with Crippen molar-refractivity contribution >= 4 is 11.8 Å². The highest BCUT2D eigenvalue weighted by Crippen LogP contribution is 2.40. The van der Waals surface area contributed by atoms with E-state index in [9.17, 15) is 14.7 Å². The molecule has 1 aliphatic heterocycles. The Morgan fingerprint density at radius 2 is 1.84 bits per heavy atom. The smallest absolute Gasteiger partial charge is 0.248 e. The van der Waals surface area contributed by atoms with Crippen LogP contribution >= 0.6 is 0 Å².